The SMILES string of the molecule is CCCNC(Cc1ccc(Cl)c(F)c1)c1ccco1. The monoisotopic (exact) mass is 281 g/mol. The topological polar surface area (TPSA) is 25.2 Å². The van der Waals surface area contributed by atoms with Crippen LogP contribution in [0.2, 0.25) is 5.02 Å². The summed E-state index contributed by atoms with van der Waals surface area (Å²) < 4.78 is 18.9. The van der Waals surface area contributed by atoms with Crippen molar-refractivity contribution < 1.29 is 8.81 Å². The Bertz CT molecular complexity index is 513. The molecular formula is C15H17ClFNO. The van der Waals surface area contributed by atoms with Crippen LogP contribution >= 0.6 is 11.6 Å². The molecule has 0 bridgehead atoms. The molecule has 2 nitrogen and oxygen atoms in total. The molecule has 4 heteroatoms. The lowest BCUT2D eigenvalue weighted by atomic mass is 10.0. The molecule has 0 aliphatic rings. The minimum Gasteiger partial charge on any atom is -0.468 e. The Labute approximate surface area is 117 Å². The van der Waals surface area contributed by atoms with Crippen molar-refractivity contribution in [3.8, 4) is 0 Å². The highest BCUT2D eigenvalue weighted by Crippen LogP contribution is 2.22. The molecule has 1 atom stereocenters. The van der Waals surface area contributed by atoms with Crippen LogP contribution in [0.25, 0.3) is 0 Å². The van der Waals surface area contributed by atoms with Crippen molar-refractivity contribution in [3.63, 3.8) is 0 Å². The summed E-state index contributed by atoms with van der Waals surface area (Å²) in [5, 5.41) is 3.56. The zero-order valence-electron chi connectivity index (χ0n) is 10.8. The molecule has 0 spiro atoms. The molecule has 1 aromatic heterocycles. The third-order valence-electron chi connectivity index (χ3n) is 2.95. The summed E-state index contributed by atoms with van der Waals surface area (Å²) in [6.07, 6.45) is 3.35. The average Bonchev–Trinajstić information content (AvgIpc) is 2.92. The van der Waals surface area contributed by atoms with Gasteiger partial charge >= 0.3 is 0 Å². The van der Waals surface area contributed by atoms with Crippen molar-refractivity contribution in [2.45, 2.75) is 25.8 Å². The first-order chi connectivity index (χ1) is 9.20. The van der Waals surface area contributed by atoms with E-state index in [4.69, 9.17) is 16.0 Å². The van der Waals surface area contributed by atoms with Crippen LogP contribution in [0.3, 0.4) is 0 Å². The van der Waals surface area contributed by atoms with Gasteiger partial charge in [0.05, 0.1) is 17.3 Å². The van der Waals surface area contributed by atoms with Gasteiger partial charge in [-0.05, 0) is 49.2 Å². The molecule has 0 amide bonds. The maximum atomic E-state index is 13.4. The number of halogens is 2. The number of hydrogen-bond acceptors (Lipinski definition) is 2. The summed E-state index contributed by atoms with van der Waals surface area (Å²) in [5.74, 6) is 0.483. The highest BCUT2D eigenvalue weighted by molar-refractivity contribution is 6.30. The van der Waals surface area contributed by atoms with Crippen LogP contribution in [0.15, 0.2) is 41.0 Å². The fourth-order valence-electron chi connectivity index (χ4n) is 1.98. The van der Waals surface area contributed by atoms with E-state index in [-0.39, 0.29) is 16.9 Å². The third kappa shape index (κ3) is 3.82. The molecule has 102 valence electrons. The van der Waals surface area contributed by atoms with E-state index in [0.717, 1.165) is 24.3 Å². The van der Waals surface area contributed by atoms with Crippen molar-refractivity contribution in [1.82, 2.24) is 5.32 Å². The molecule has 1 N–H and O–H groups in total. The Kier molecular flexibility index (Phi) is 5.00. The Hall–Kier alpha value is -1.32. The van der Waals surface area contributed by atoms with Gasteiger partial charge < -0.3 is 9.73 Å². The molecular weight excluding hydrogens is 265 g/mol. The van der Waals surface area contributed by atoms with E-state index in [1.807, 2.05) is 18.2 Å². The Morgan fingerprint density at radius 3 is 2.84 bits per heavy atom. The predicted molar refractivity (Wildman–Crippen MR) is 74.9 cm³/mol. The van der Waals surface area contributed by atoms with Gasteiger partial charge in [0, 0.05) is 0 Å². The van der Waals surface area contributed by atoms with Gasteiger partial charge in [-0.25, -0.2) is 4.39 Å². The fourth-order valence-corrected chi connectivity index (χ4v) is 2.10. The molecule has 0 fully saturated rings. The zero-order valence-corrected chi connectivity index (χ0v) is 11.6. The van der Waals surface area contributed by atoms with Crippen LogP contribution < -0.4 is 5.32 Å². The zero-order chi connectivity index (χ0) is 13.7. The van der Waals surface area contributed by atoms with Crippen LogP contribution in [0.5, 0.6) is 0 Å². The van der Waals surface area contributed by atoms with E-state index in [2.05, 4.69) is 12.2 Å². The van der Waals surface area contributed by atoms with E-state index < -0.39 is 0 Å². The summed E-state index contributed by atoms with van der Waals surface area (Å²) in [5.41, 5.74) is 0.895. The lowest BCUT2D eigenvalue weighted by molar-refractivity contribution is 0.410. The predicted octanol–water partition coefficient (Wildman–Crippen LogP) is 4.36. The number of hydrogen-bond donors (Lipinski definition) is 1. The lowest BCUT2D eigenvalue weighted by Gasteiger charge is -2.16. The number of nitrogens with one attached hydrogen (secondary N) is 1. The first kappa shape index (κ1) is 14.1. The fraction of sp³-hybridized carbons (Fsp3) is 0.333. The van der Waals surface area contributed by atoms with Gasteiger partial charge in [-0.3, -0.25) is 0 Å². The molecule has 1 unspecified atom stereocenters. The van der Waals surface area contributed by atoms with Gasteiger partial charge in [0.2, 0.25) is 0 Å². The van der Waals surface area contributed by atoms with Gasteiger partial charge in [0.25, 0.3) is 0 Å². The minimum absolute atomic E-state index is 0.0514. The normalized spacial score (nSPS) is 12.6. The van der Waals surface area contributed by atoms with Crippen molar-refractivity contribution in [3.05, 3.63) is 58.8 Å². The molecule has 1 aromatic carbocycles. The Balaban J connectivity index is 2.13. The smallest absolute Gasteiger partial charge is 0.142 e. The van der Waals surface area contributed by atoms with Crippen LogP contribution in [0.4, 0.5) is 4.39 Å². The molecule has 1 heterocycles. The second-order valence-corrected chi connectivity index (χ2v) is 4.88. The Morgan fingerprint density at radius 2 is 2.21 bits per heavy atom. The highest BCUT2D eigenvalue weighted by Gasteiger charge is 2.15. The van der Waals surface area contributed by atoms with Crippen molar-refractivity contribution >= 4 is 11.6 Å². The molecule has 0 saturated heterocycles. The number of rotatable bonds is 6. The van der Waals surface area contributed by atoms with E-state index in [9.17, 15) is 4.39 Å². The second-order valence-electron chi connectivity index (χ2n) is 4.47. The van der Waals surface area contributed by atoms with Gasteiger partial charge in [-0.15, -0.1) is 0 Å². The third-order valence-corrected chi connectivity index (χ3v) is 3.26. The van der Waals surface area contributed by atoms with Gasteiger partial charge in [-0.1, -0.05) is 24.6 Å². The largest absolute Gasteiger partial charge is 0.468 e. The quantitative estimate of drug-likeness (QED) is 0.851. The van der Waals surface area contributed by atoms with Gasteiger partial charge in [-0.2, -0.15) is 0 Å². The van der Waals surface area contributed by atoms with E-state index in [0.29, 0.717) is 6.42 Å². The van der Waals surface area contributed by atoms with Crippen molar-refractivity contribution in [2.24, 2.45) is 0 Å². The highest BCUT2D eigenvalue weighted by atomic mass is 35.5. The maximum absolute atomic E-state index is 13.4. The molecule has 0 radical (unpaired) electrons. The standard InChI is InChI=1S/C15H17ClFNO/c1-2-7-18-14(15-4-3-8-19-15)10-11-5-6-12(16)13(17)9-11/h3-6,8-9,14,18H,2,7,10H2,1H3. The molecule has 0 aliphatic heterocycles. The van der Waals surface area contributed by atoms with Crippen LogP contribution in [0.1, 0.15) is 30.7 Å². The van der Waals surface area contributed by atoms with Crippen LogP contribution in [-0.4, -0.2) is 6.54 Å². The van der Waals surface area contributed by atoms with E-state index >= 15 is 0 Å². The summed E-state index contributed by atoms with van der Waals surface area (Å²) in [6.45, 7) is 3.00. The van der Waals surface area contributed by atoms with E-state index in [1.165, 1.54) is 6.07 Å². The van der Waals surface area contributed by atoms with Crippen LogP contribution in [0, 0.1) is 5.82 Å². The Morgan fingerprint density at radius 1 is 1.37 bits per heavy atom. The first-order valence-electron chi connectivity index (χ1n) is 6.41. The van der Waals surface area contributed by atoms with Gasteiger partial charge in [0.1, 0.15) is 11.6 Å². The summed E-state index contributed by atoms with van der Waals surface area (Å²) in [7, 11) is 0. The molecule has 2 aromatic rings. The van der Waals surface area contributed by atoms with E-state index in [1.54, 1.807) is 12.3 Å². The summed E-state index contributed by atoms with van der Waals surface area (Å²) in [6, 6.07) is 8.75. The second kappa shape index (κ2) is 6.73. The number of furan rings is 1. The number of benzene rings is 1. The molecule has 19 heavy (non-hydrogen) atoms. The average molecular weight is 282 g/mol. The summed E-state index contributed by atoms with van der Waals surface area (Å²) in [4.78, 5) is 0. The first-order valence-corrected chi connectivity index (χ1v) is 6.79. The van der Waals surface area contributed by atoms with Crippen molar-refractivity contribution in [2.75, 3.05) is 6.54 Å². The molecule has 2 rings (SSSR count). The molecule has 0 saturated carbocycles. The lowest BCUT2D eigenvalue weighted by Crippen LogP contribution is -2.23. The summed E-state index contributed by atoms with van der Waals surface area (Å²) >= 11 is 5.69. The van der Waals surface area contributed by atoms with Crippen LogP contribution in [-0.2, 0) is 6.42 Å². The minimum atomic E-state index is -0.382. The van der Waals surface area contributed by atoms with Gasteiger partial charge in [0.15, 0.2) is 0 Å². The molecule has 0 aliphatic carbocycles. The maximum Gasteiger partial charge on any atom is 0.142 e. The van der Waals surface area contributed by atoms with Crippen molar-refractivity contribution in [1.29, 1.82) is 0 Å².